The number of hydrogen-bond donors (Lipinski definition) is 1. The molecule has 2 aromatic carbocycles. The molecule has 0 aliphatic carbocycles. The Balaban J connectivity index is 1.62. The van der Waals surface area contributed by atoms with Crippen molar-refractivity contribution in [2.24, 2.45) is 0 Å². The highest BCUT2D eigenvalue weighted by Gasteiger charge is 2.19. The van der Waals surface area contributed by atoms with Crippen molar-refractivity contribution in [2.75, 3.05) is 24.5 Å². The van der Waals surface area contributed by atoms with Gasteiger partial charge < -0.3 is 10.2 Å². The summed E-state index contributed by atoms with van der Waals surface area (Å²) in [6.45, 7) is 3.42. The molecule has 0 bridgehead atoms. The maximum absolute atomic E-state index is 3.45. The second kappa shape index (κ2) is 5.53. The Bertz CT molecular complexity index is 612. The van der Waals surface area contributed by atoms with Crippen molar-refractivity contribution in [3.8, 4) is 0 Å². The van der Waals surface area contributed by atoms with Crippen LogP contribution in [0.3, 0.4) is 0 Å². The van der Waals surface area contributed by atoms with E-state index in [-0.39, 0.29) is 0 Å². The second-order valence-electron chi connectivity index (χ2n) is 6.17. The van der Waals surface area contributed by atoms with Gasteiger partial charge in [-0.15, -0.1) is 0 Å². The summed E-state index contributed by atoms with van der Waals surface area (Å²) in [5.41, 5.74) is 5.68. The molecule has 1 fully saturated rings. The van der Waals surface area contributed by atoms with Crippen molar-refractivity contribution < 1.29 is 0 Å². The van der Waals surface area contributed by atoms with E-state index in [4.69, 9.17) is 0 Å². The number of aryl methyl sites for hydroxylation is 1. The van der Waals surface area contributed by atoms with E-state index in [0.29, 0.717) is 5.92 Å². The van der Waals surface area contributed by atoms with Crippen LogP contribution in [0.4, 0.5) is 11.4 Å². The van der Waals surface area contributed by atoms with Gasteiger partial charge in [-0.1, -0.05) is 30.3 Å². The van der Waals surface area contributed by atoms with Crippen LogP contribution in [-0.2, 0) is 6.42 Å². The topological polar surface area (TPSA) is 15.3 Å². The first-order chi connectivity index (χ1) is 10.4. The molecule has 0 aromatic heterocycles. The standard InChI is InChI=1S/C19H22N2/c1-2-6-19-16(4-1)5-3-13-21(19)18-9-7-15(8-10-18)17-11-12-20-14-17/h1-2,4,6-10,17,20H,3,5,11-14H2. The molecule has 1 saturated heterocycles. The van der Waals surface area contributed by atoms with Gasteiger partial charge in [-0.2, -0.15) is 0 Å². The van der Waals surface area contributed by atoms with Crippen LogP contribution in [0, 0.1) is 0 Å². The van der Waals surface area contributed by atoms with Crippen molar-refractivity contribution in [3.05, 3.63) is 59.7 Å². The SMILES string of the molecule is c1ccc2c(c1)CCCN2c1ccc(C2CCNC2)cc1. The van der Waals surface area contributed by atoms with E-state index < -0.39 is 0 Å². The van der Waals surface area contributed by atoms with E-state index in [0.717, 1.165) is 19.6 Å². The summed E-state index contributed by atoms with van der Waals surface area (Å²) in [6.07, 6.45) is 3.72. The molecule has 0 spiro atoms. The highest BCUT2D eigenvalue weighted by molar-refractivity contribution is 5.68. The minimum absolute atomic E-state index is 0.702. The predicted octanol–water partition coefficient (Wildman–Crippen LogP) is 3.85. The van der Waals surface area contributed by atoms with E-state index >= 15 is 0 Å². The highest BCUT2D eigenvalue weighted by atomic mass is 15.1. The van der Waals surface area contributed by atoms with Crippen LogP contribution < -0.4 is 10.2 Å². The van der Waals surface area contributed by atoms with Gasteiger partial charge in [-0.05, 0) is 61.1 Å². The lowest BCUT2D eigenvalue weighted by Gasteiger charge is -2.31. The van der Waals surface area contributed by atoms with Crippen molar-refractivity contribution >= 4 is 11.4 Å². The number of rotatable bonds is 2. The van der Waals surface area contributed by atoms with Gasteiger partial charge in [0.25, 0.3) is 0 Å². The van der Waals surface area contributed by atoms with Crippen LogP contribution in [0.2, 0.25) is 0 Å². The molecule has 2 heteroatoms. The first-order valence-corrected chi connectivity index (χ1v) is 8.08. The first kappa shape index (κ1) is 12.9. The fraction of sp³-hybridized carbons (Fsp3) is 0.368. The summed E-state index contributed by atoms with van der Waals surface area (Å²) in [7, 11) is 0. The third-order valence-electron chi connectivity index (χ3n) is 4.85. The Labute approximate surface area is 126 Å². The Morgan fingerprint density at radius 2 is 1.86 bits per heavy atom. The molecular formula is C19H22N2. The fourth-order valence-electron chi connectivity index (χ4n) is 3.67. The van der Waals surface area contributed by atoms with Gasteiger partial charge in [0.05, 0.1) is 0 Å². The second-order valence-corrected chi connectivity index (χ2v) is 6.17. The molecule has 4 rings (SSSR count). The summed E-state index contributed by atoms with van der Waals surface area (Å²) in [6, 6.07) is 18.1. The van der Waals surface area contributed by atoms with Crippen LogP contribution in [0.15, 0.2) is 48.5 Å². The Morgan fingerprint density at radius 3 is 2.67 bits per heavy atom. The summed E-state index contributed by atoms with van der Waals surface area (Å²) < 4.78 is 0. The van der Waals surface area contributed by atoms with E-state index in [1.165, 1.54) is 41.8 Å². The number of nitrogens with zero attached hydrogens (tertiary/aromatic N) is 1. The van der Waals surface area contributed by atoms with E-state index in [9.17, 15) is 0 Å². The van der Waals surface area contributed by atoms with Crippen molar-refractivity contribution in [1.29, 1.82) is 0 Å². The zero-order valence-corrected chi connectivity index (χ0v) is 12.4. The van der Waals surface area contributed by atoms with E-state index in [2.05, 4.69) is 58.7 Å². The molecule has 1 atom stereocenters. The van der Waals surface area contributed by atoms with Crippen LogP contribution in [0.1, 0.15) is 29.9 Å². The molecule has 0 saturated carbocycles. The van der Waals surface area contributed by atoms with Gasteiger partial charge >= 0.3 is 0 Å². The highest BCUT2D eigenvalue weighted by Crippen LogP contribution is 2.34. The summed E-state index contributed by atoms with van der Waals surface area (Å²) in [5.74, 6) is 0.702. The first-order valence-electron chi connectivity index (χ1n) is 8.08. The molecule has 0 amide bonds. The molecule has 2 heterocycles. The Kier molecular flexibility index (Phi) is 3.40. The maximum Gasteiger partial charge on any atom is 0.0443 e. The predicted molar refractivity (Wildman–Crippen MR) is 88.4 cm³/mol. The molecule has 1 N–H and O–H groups in total. The number of anilines is 2. The minimum Gasteiger partial charge on any atom is -0.341 e. The van der Waals surface area contributed by atoms with E-state index in [1.54, 1.807) is 0 Å². The van der Waals surface area contributed by atoms with Crippen molar-refractivity contribution in [3.63, 3.8) is 0 Å². The summed E-state index contributed by atoms with van der Waals surface area (Å²) in [4.78, 5) is 2.47. The number of benzene rings is 2. The monoisotopic (exact) mass is 278 g/mol. The Hall–Kier alpha value is -1.80. The average Bonchev–Trinajstić information content (AvgIpc) is 3.09. The van der Waals surface area contributed by atoms with Gasteiger partial charge in [0.2, 0.25) is 0 Å². The zero-order chi connectivity index (χ0) is 14.1. The zero-order valence-electron chi connectivity index (χ0n) is 12.4. The smallest absolute Gasteiger partial charge is 0.0443 e. The van der Waals surface area contributed by atoms with Gasteiger partial charge in [-0.3, -0.25) is 0 Å². The number of hydrogen-bond acceptors (Lipinski definition) is 2. The molecule has 2 aliphatic heterocycles. The molecule has 2 nitrogen and oxygen atoms in total. The van der Waals surface area contributed by atoms with Gasteiger partial charge in [0, 0.05) is 24.5 Å². The third-order valence-corrected chi connectivity index (χ3v) is 4.85. The van der Waals surface area contributed by atoms with Crippen LogP contribution in [0.25, 0.3) is 0 Å². The number of para-hydroxylation sites is 1. The van der Waals surface area contributed by atoms with E-state index in [1.807, 2.05) is 0 Å². The quantitative estimate of drug-likeness (QED) is 0.897. The largest absolute Gasteiger partial charge is 0.341 e. The molecular weight excluding hydrogens is 256 g/mol. The number of nitrogens with one attached hydrogen (secondary N) is 1. The lowest BCUT2D eigenvalue weighted by Crippen LogP contribution is -2.24. The Morgan fingerprint density at radius 1 is 1.00 bits per heavy atom. The molecule has 2 aliphatic rings. The van der Waals surface area contributed by atoms with Crippen molar-refractivity contribution in [1.82, 2.24) is 5.32 Å². The van der Waals surface area contributed by atoms with Gasteiger partial charge in [-0.25, -0.2) is 0 Å². The third kappa shape index (κ3) is 2.44. The molecule has 108 valence electrons. The average molecular weight is 278 g/mol. The molecule has 1 unspecified atom stereocenters. The minimum atomic E-state index is 0.702. The summed E-state index contributed by atoms with van der Waals surface area (Å²) >= 11 is 0. The normalized spacial score (nSPS) is 21.3. The molecule has 0 radical (unpaired) electrons. The van der Waals surface area contributed by atoms with Gasteiger partial charge in [0.15, 0.2) is 0 Å². The lowest BCUT2D eigenvalue weighted by atomic mass is 9.97. The molecule has 2 aromatic rings. The van der Waals surface area contributed by atoms with Crippen molar-refractivity contribution in [2.45, 2.75) is 25.2 Å². The van der Waals surface area contributed by atoms with Gasteiger partial charge in [0.1, 0.15) is 0 Å². The molecule has 21 heavy (non-hydrogen) atoms. The van der Waals surface area contributed by atoms with Crippen LogP contribution in [-0.4, -0.2) is 19.6 Å². The van der Waals surface area contributed by atoms with Crippen LogP contribution in [0.5, 0.6) is 0 Å². The van der Waals surface area contributed by atoms with Crippen LogP contribution >= 0.6 is 0 Å². The number of fused-ring (bicyclic) bond motifs is 1. The summed E-state index contributed by atoms with van der Waals surface area (Å²) in [5, 5.41) is 3.45. The fourth-order valence-corrected chi connectivity index (χ4v) is 3.67. The lowest BCUT2D eigenvalue weighted by molar-refractivity contribution is 0.757. The maximum atomic E-state index is 3.45.